The summed E-state index contributed by atoms with van der Waals surface area (Å²) in [4.78, 5) is 9.34. The lowest BCUT2D eigenvalue weighted by Crippen LogP contribution is -2.31. The van der Waals surface area contributed by atoms with Crippen molar-refractivity contribution in [2.75, 3.05) is 46.8 Å². The van der Waals surface area contributed by atoms with Crippen LogP contribution in [0.2, 0.25) is 0 Å². The first-order valence-corrected chi connectivity index (χ1v) is 7.17. The van der Waals surface area contributed by atoms with Crippen molar-refractivity contribution in [3.8, 4) is 0 Å². The van der Waals surface area contributed by atoms with E-state index in [-0.39, 0.29) is 6.04 Å². The molecule has 6 nitrogen and oxygen atoms in total. The van der Waals surface area contributed by atoms with E-state index in [0.717, 1.165) is 50.9 Å². The zero-order chi connectivity index (χ0) is 13.2. The van der Waals surface area contributed by atoms with E-state index in [1.807, 2.05) is 0 Å². The topological polar surface area (TPSA) is 57.4 Å². The average Bonchev–Trinajstić information content (AvgIpc) is 3.03. The smallest absolute Gasteiger partial charge is 0.231 e. The molecule has 2 atom stereocenters. The Bertz CT molecular complexity index is 415. The van der Waals surface area contributed by atoms with Crippen LogP contribution < -0.4 is 5.32 Å². The molecule has 1 N–H and O–H groups in total. The van der Waals surface area contributed by atoms with E-state index >= 15 is 0 Å². The molecule has 0 saturated carbocycles. The zero-order valence-corrected chi connectivity index (χ0v) is 11.8. The van der Waals surface area contributed by atoms with Gasteiger partial charge in [0, 0.05) is 13.1 Å². The lowest BCUT2D eigenvalue weighted by molar-refractivity contribution is 0.214. The molecule has 0 aliphatic carbocycles. The highest BCUT2D eigenvalue weighted by Gasteiger charge is 2.29. The van der Waals surface area contributed by atoms with Gasteiger partial charge < -0.3 is 14.7 Å². The molecule has 19 heavy (non-hydrogen) atoms. The molecule has 3 rings (SSSR count). The molecule has 0 radical (unpaired) electrons. The Balaban J connectivity index is 1.76. The molecule has 3 heterocycles. The molecule has 1 aromatic rings. The van der Waals surface area contributed by atoms with Gasteiger partial charge in [-0.1, -0.05) is 5.16 Å². The van der Waals surface area contributed by atoms with E-state index in [2.05, 4.69) is 39.4 Å². The molecule has 2 aliphatic heterocycles. The Morgan fingerprint density at radius 3 is 3.00 bits per heavy atom. The van der Waals surface area contributed by atoms with Gasteiger partial charge in [0.15, 0.2) is 5.82 Å². The number of nitrogens with zero attached hydrogens (tertiary/aromatic N) is 4. The number of hydrogen-bond acceptors (Lipinski definition) is 6. The Morgan fingerprint density at radius 2 is 2.21 bits per heavy atom. The van der Waals surface area contributed by atoms with Crippen LogP contribution in [0, 0.1) is 0 Å². The van der Waals surface area contributed by atoms with Gasteiger partial charge in [-0.15, -0.1) is 0 Å². The minimum absolute atomic E-state index is 0.249. The Morgan fingerprint density at radius 1 is 1.32 bits per heavy atom. The number of likely N-dealkylation sites (N-methyl/N-ethyl adjacent to an activating group) is 2. The fourth-order valence-electron chi connectivity index (χ4n) is 2.96. The first-order valence-electron chi connectivity index (χ1n) is 7.17. The molecular formula is C13H23N5O. The maximum Gasteiger partial charge on any atom is 0.231 e. The highest BCUT2D eigenvalue weighted by Crippen LogP contribution is 2.25. The van der Waals surface area contributed by atoms with Crippen LogP contribution in [0.15, 0.2) is 4.52 Å². The fourth-order valence-corrected chi connectivity index (χ4v) is 2.96. The Hall–Kier alpha value is -0.980. The highest BCUT2D eigenvalue weighted by molar-refractivity contribution is 5.02. The molecule has 106 valence electrons. The van der Waals surface area contributed by atoms with Gasteiger partial charge in [-0.25, -0.2) is 0 Å². The molecule has 0 spiro atoms. The van der Waals surface area contributed by atoms with Crippen molar-refractivity contribution in [1.82, 2.24) is 25.3 Å². The van der Waals surface area contributed by atoms with Crippen LogP contribution in [0.4, 0.5) is 0 Å². The lowest BCUT2D eigenvalue weighted by atomic mass is 10.1. The number of rotatable bonds is 2. The van der Waals surface area contributed by atoms with Gasteiger partial charge in [0.25, 0.3) is 0 Å². The minimum Gasteiger partial charge on any atom is -0.339 e. The summed E-state index contributed by atoms with van der Waals surface area (Å²) in [5.74, 6) is 2.05. The number of aromatic nitrogens is 2. The van der Waals surface area contributed by atoms with E-state index in [4.69, 9.17) is 4.52 Å². The minimum atomic E-state index is 0.249. The van der Waals surface area contributed by atoms with E-state index < -0.39 is 0 Å². The van der Waals surface area contributed by atoms with E-state index in [1.165, 1.54) is 6.42 Å². The highest BCUT2D eigenvalue weighted by atomic mass is 16.5. The Labute approximate surface area is 114 Å². The van der Waals surface area contributed by atoms with Crippen LogP contribution in [0.3, 0.4) is 0 Å². The van der Waals surface area contributed by atoms with Gasteiger partial charge in [0.05, 0.1) is 12.0 Å². The first kappa shape index (κ1) is 13.0. The normalized spacial score (nSPS) is 30.6. The zero-order valence-electron chi connectivity index (χ0n) is 11.8. The second kappa shape index (κ2) is 5.56. The third-order valence-corrected chi connectivity index (χ3v) is 4.23. The molecule has 1 aromatic heterocycles. The van der Waals surface area contributed by atoms with Crippen LogP contribution in [0.25, 0.3) is 0 Å². The monoisotopic (exact) mass is 265 g/mol. The van der Waals surface area contributed by atoms with Gasteiger partial charge in [0.2, 0.25) is 5.89 Å². The van der Waals surface area contributed by atoms with Gasteiger partial charge in [-0.05, 0) is 46.6 Å². The van der Waals surface area contributed by atoms with Crippen LogP contribution >= 0.6 is 0 Å². The van der Waals surface area contributed by atoms with Gasteiger partial charge in [-0.2, -0.15) is 4.98 Å². The van der Waals surface area contributed by atoms with Crippen molar-refractivity contribution in [3.05, 3.63) is 11.7 Å². The third-order valence-electron chi connectivity index (χ3n) is 4.23. The molecule has 6 heteroatoms. The van der Waals surface area contributed by atoms with E-state index in [1.54, 1.807) is 0 Å². The van der Waals surface area contributed by atoms with Crippen LogP contribution in [-0.4, -0.2) is 66.8 Å². The SMILES string of the molecule is CN1CCCN(C)C(c2noc(C3CCNC3)n2)C1. The van der Waals surface area contributed by atoms with Crippen molar-refractivity contribution < 1.29 is 4.52 Å². The van der Waals surface area contributed by atoms with Crippen molar-refractivity contribution in [2.24, 2.45) is 0 Å². The molecule has 2 fully saturated rings. The maximum absolute atomic E-state index is 5.48. The largest absolute Gasteiger partial charge is 0.339 e. The van der Waals surface area contributed by atoms with Crippen molar-refractivity contribution >= 4 is 0 Å². The summed E-state index contributed by atoms with van der Waals surface area (Å²) in [7, 11) is 4.31. The molecule has 0 aromatic carbocycles. The lowest BCUT2D eigenvalue weighted by Gasteiger charge is -2.24. The standard InChI is InChI=1S/C13H23N5O/c1-17-6-3-7-18(2)11(9-17)12-15-13(19-16-12)10-4-5-14-8-10/h10-11,14H,3-9H2,1-2H3. The third kappa shape index (κ3) is 2.80. The van der Waals surface area contributed by atoms with E-state index in [9.17, 15) is 0 Å². The second-order valence-electron chi connectivity index (χ2n) is 5.79. The van der Waals surface area contributed by atoms with E-state index in [0.29, 0.717) is 5.92 Å². The van der Waals surface area contributed by atoms with Crippen molar-refractivity contribution in [3.63, 3.8) is 0 Å². The number of nitrogens with one attached hydrogen (secondary N) is 1. The predicted molar refractivity (Wildman–Crippen MR) is 72.0 cm³/mol. The Kier molecular flexibility index (Phi) is 3.81. The van der Waals surface area contributed by atoms with Gasteiger partial charge >= 0.3 is 0 Å². The maximum atomic E-state index is 5.48. The fraction of sp³-hybridized carbons (Fsp3) is 0.846. The van der Waals surface area contributed by atoms with Crippen LogP contribution in [-0.2, 0) is 0 Å². The summed E-state index contributed by atoms with van der Waals surface area (Å²) in [6.07, 6.45) is 2.29. The molecule has 2 saturated heterocycles. The first-order chi connectivity index (χ1) is 9.24. The summed E-state index contributed by atoms with van der Waals surface area (Å²) in [6, 6.07) is 0.249. The van der Waals surface area contributed by atoms with Crippen molar-refractivity contribution in [2.45, 2.75) is 24.8 Å². The quantitative estimate of drug-likeness (QED) is 0.838. The number of hydrogen-bond donors (Lipinski definition) is 1. The van der Waals surface area contributed by atoms with Crippen molar-refractivity contribution in [1.29, 1.82) is 0 Å². The summed E-state index contributed by atoms with van der Waals surface area (Å²) in [6.45, 7) is 5.21. The molecule has 2 aliphatic rings. The van der Waals surface area contributed by atoms with Gasteiger partial charge in [0.1, 0.15) is 0 Å². The second-order valence-corrected chi connectivity index (χ2v) is 5.79. The summed E-state index contributed by atoms with van der Waals surface area (Å²) < 4.78 is 5.48. The van der Waals surface area contributed by atoms with Gasteiger partial charge in [-0.3, -0.25) is 4.90 Å². The molecule has 2 unspecified atom stereocenters. The van der Waals surface area contributed by atoms with Crippen LogP contribution in [0.1, 0.15) is 36.5 Å². The average molecular weight is 265 g/mol. The molecule has 0 amide bonds. The summed E-state index contributed by atoms with van der Waals surface area (Å²) in [5.41, 5.74) is 0. The predicted octanol–water partition coefficient (Wildman–Crippen LogP) is 0.455. The summed E-state index contributed by atoms with van der Waals surface area (Å²) in [5, 5.41) is 7.57. The van der Waals surface area contributed by atoms with Crippen LogP contribution in [0.5, 0.6) is 0 Å². The molecular weight excluding hydrogens is 242 g/mol. The summed E-state index contributed by atoms with van der Waals surface area (Å²) >= 11 is 0. The molecule has 0 bridgehead atoms.